The van der Waals surface area contributed by atoms with Gasteiger partial charge in [-0.1, -0.05) is 13.0 Å². The Morgan fingerprint density at radius 2 is 2.06 bits per heavy atom. The Morgan fingerprint density at radius 1 is 1.28 bits per heavy atom. The second-order valence-corrected chi connectivity index (χ2v) is 5.61. The van der Waals surface area contributed by atoms with Crippen molar-refractivity contribution in [1.82, 2.24) is 5.32 Å². The van der Waals surface area contributed by atoms with Crippen LogP contribution in [-0.4, -0.2) is 6.54 Å². The van der Waals surface area contributed by atoms with Crippen molar-refractivity contribution in [1.29, 1.82) is 0 Å². The highest BCUT2D eigenvalue weighted by atomic mass is 32.1. The quantitative estimate of drug-likeness (QED) is 0.854. The summed E-state index contributed by atoms with van der Waals surface area (Å²) in [7, 11) is 0. The molecule has 0 radical (unpaired) electrons. The fraction of sp³-hybridized carbons (Fsp3) is 0.333. The van der Waals surface area contributed by atoms with Gasteiger partial charge in [0.05, 0.1) is 0 Å². The minimum atomic E-state index is -0.167. The first kappa shape index (κ1) is 13.2. The van der Waals surface area contributed by atoms with Gasteiger partial charge in [-0.3, -0.25) is 0 Å². The average molecular weight is 263 g/mol. The molecule has 0 aliphatic heterocycles. The summed E-state index contributed by atoms with van der Waals surface area (Å²) >= 11 is 1.72. The third kappa shape index (κ3) is 2.98. The SMILES string of the molecule is CCNC(C)c1ccc(-c2cc(C)cc(F)c2)s1. The van der Waals surface area contributed by atoms with Gasteiger partial charge < -0.3 is 5.32 Å². The van der Waals surface area contributed by atoms with E-state index in [1.165, 1.54) is 4.88 Å². The van der Waals surface area contributed by atoms with Crippen molar-refractivity contribution in [3.63, 3.8) is 0 Å². The Bertz CT molecular complexity index is 513. The van der Waals surface area contributed by atoms with Crippen LogP contribution in [0.15, 0.2) is 30.3 Å². The number of benzene rings is 1. The van der Waals surface area contributed by atoms with Gasteiger partial charge >= 0.3 is 0 Å². The van der Waals surface area contributed by atoms with Crippen LogP contribution in [0.4, 0.5) is 4.39 Å². The molecular formula is C15H18FNS. The van der Waals surface area contributed by atoms with E-state index in [9.17, 15) is 4.39 Å². The summed E-state index contributed by atoms with van der Waals surface area (Å²) in [6.45, 7) is 7.12. The lowest BCUT2D eigenvalue weighted by Gasteiger charge is -2.09. The highest BCUT2D eigenvalue weighted by Gasteiger charge is 2.09. The van der Waals surface area contributed by atoms with Crippen LogP contribution in [-0.2, 0) is 0 Å². The Morgan fingerprint density at radius 3 is 2.72 bits per heavy atom. The lowest BCUT2D eigenvalue weighted by molar-refractivity contribution is 0.607. The molecule has 18 heavy (non-hydrogen) atoms. The molecule has 1 nitrogen and oxygen atoms in total. The molecule has 2 aromatic rings. The van der Waals surface area contributed by atoms with Crippen LogP contribution in [0.1, 0.15) is 30.3 Å². The average Bonchev–Trinajstić information content (AvgIpc) is 2.77. The highest BCUT2D eigenvalue weighted by Crippen LogP contribution is 2.32. The summed E-state index contributed by atoms with van der Waals surface area (Å²) in [4.78, 5) is 2.41. The molecule has 0 bridgehead atoms. The van der Waals surface area contributed by atoms with Crippen LogP contribution < -0.4 is 5.32 Å². The fourth-order valence-electron chi connectivity index (χ4n) is 2.03. The number of nitrogens with one attached hydrogen (secondary N) is 1. The Balaban J connectivity index is 2.29. The molecule has 0 amide bonds. The molecular weight excluding hydrogens is 245 g/mol. The summed E-state index contributed by atoms with van der Waals surface area (Å²) in [5.74, 6) is -0.167. The van der Waals surface area contributed by atoms with E-state index in [4.69, 9.17) is 0 Å². The summed E-state index contributed by atoms with van der Waals surface area (Å²) in [6.07, 6.45) is 0. The van der Waals surface area contributed by atoms with Crippen molar-refractivity contribution in [3.05, 3.63) is 46.6 Å². The number of rotatable bonds is 4. The van der Waals surface area contributed by atoms with Crippen molar-refractivity contribution in [2.45, 2.75) is 26.8 Å². The summed E-state index contributed by atoms with van der Waals surface area (Å²) in [6, 6.07) is 9.72. The van der Waals surface area contributed by atoms with Crippen molar-refractivity contribution in [2.24, 2.45) is 0 Å². The summed E-state index contributed by atoms with van der Waals surface area (Å²) in [5, 5.41) is 3.39. The molecule has 96 valence electrons. The lowest BCUT2D eigenvalue weighted by Crippen LogP contribution is -2.16. The van der Waals surface area contributed by atoms with E-state index in [1.54, 1.807) is 23.5 Å². The second kappa shape index (κ2) is 5.63. The molecule has 1 aromatic carbocycles. The maximum Gasteiger partial charge on any atom is 0.124 e. The summed E-state index contributed by atoms with van der Waals surface area (Å²) in [5.41, 5.74) is 1.92. The fourth-order valence-corrected chi connectivity index (χ4v) is 3.05. The first-order valence-electron chi connectivity index (χ1n) is 6.21. The molecule has 1 atom stereocenters. The van der Waals surface area contributed by atoms with Gasteiger partial charge in [0.25, 0.3) is 0 Å². The standard InChI is InChI=1S/C15H18FNS/c1-4-17-11(3)14-5-6-15(18-14)12-7-10(2)8-13(16)9-12/h5-9,11,17H,4H2,1-3H3. The van der Waals surface area contributed by atoms with E-state index in [0.717, 1.165) is 22.5 Å². The maximum absolute atomic E-state index is 13.4. The molecule has 0 saturated carbocycles. The predicted molar refractivity (Wildman–Crippen MR) is 76.5 cm³/mol. The van der Waals surface area contributed by atoms with Crippen LogP contribution in [0.25, 0.3) is 10.4 Å². The van der Waals surface area contributed by atoms with Gasteiger partial charge in [-0.15, -0.1) is 11.3 Å². The molecule has 2 rings (SSSR count). The number of hydrogen-bond donors (Lipinski definition) is 1. The zero-order valence-electron chi connectivity index (χ0n) is 11.0. The normalized spacial score (nSPS) is 12.7. The third-order valence-electron chi connectivity index (χ3n) is 2.89. The monoisotopic (exact) mass is 263 g/mol. The molecule has 1 heterocycles. The number of hydrogen-bond acceptors (Lipinski definition) is 2. The zero-order chi connectivity index (χ0) is 13.1. The van der Waals surface area contributed by atoms with Crippen LogP contribution in [0.3, 0.4) is 0 Å². The molecule has 0 fully saturated rings. The minimum Gasteiger partial charge on any atom is -0.310 e. The molecule has 1 unspecified atom stereocenters. The molecule has 1 N–H and O–H groups in total. The number of thiophene rings is 1. The van der Waals surface area contributed by atoms with Crippen molar-refractivity contribution < 1.29 is 4.39 Å². The Hall–Kier alpha value is -1.19. The Kier molecular flexibility index (Phi) is 4.15. The maximum atomic E-state index is 13.4. The van der Waals surface area contributed by atoms with Gasteiger partial charge in [0.2, 0.25) is 0 Å². The van der Waals surface area contributed by atoms with Gasteiger partial charge in [0.15, 0.2) is 0 Å². The summed E-state index contributed by atoms with van der Waals surface area (Å²) < 4.78 is 13.4. The smallest absolute Gasteiger partial charge is 0.124 e. The van der Waals surface area contributed by atoms with E-state index in [-0.39, 0.29) is 5.82 Å². The molecule has 3 heteroatoms. The number of aryl methyl sites for hydroxylation is 1. The zero-order valence-corrected chi connectivity index (χ0v) is 11.8. The topological polar surface area (TPSA) is 12.0 Å². The second-order valence-electron chi connectivity index (χ2n) is 4.50. The van der Waals surface area contributed by atoms with Crippen molar-refractivity contribution in [2.75, 3.05) is 6.54 Å². The first-order valence-corrected chi connectivity index (χ1v) is 7.02. The molecule has 1 aromatic heterocycles. The molecule has 0 aliphatic carbocycles. The van der Waals surface area contributed by atoms with E-state index in [2.05, 4.69) is 31.3 Å². The Labute approximate surface area is 112 Å². The van der Waals surface area contributed by atoms with Gasteiger partial charge in [-0.25, -0.2) is 4.39 Å². The molecule has 0 spiro atoms. The molecule has 0 aliphatic rings. The van der Waals surface area contributed by atoms with Crippen LogP contribution in [0.2, 0.25) is 0 Å². The predicted octanol–water partition coefficient (Wildman–Crippen LogP) is 4.53. The van der Waals surface area contributed by atoms with Gasteiger partial charge in [-0.2, -0.15) is 0 Å². The van der Waals surface area contributed by atoms with Gasteiger partial charge in [-0.05, 0) is 55.8 Å². The largest absolute Gasteiger partial charge is 0.310 e. The number of halogens is 1. The van der Waals surface area contributed by atoms with E-state index < -0.39 is 0 Å². The van der Waals surface area contributed by atoms with Crippen LogP contribution in [0, 0.1) is 12.7 Å². The van der Waals surface area contributed by atoms with E-state index >= 15 is 0 Å². The van der Waals surface area contributed by atoms with E-state index in [0.29, 0.717) is 6.04 Å². The lowest BCUT2D eigenvalue weighted by atomic mass is 10.1. The van der Waals surface area contributed by atoms with E-state index in [1.807, 2.05) is 13.0 Å². The third-order valence-corrected chi connectivity index (χ3v) is 4.21. The van der Waals surface area contributed by atoms with Gasteiger partial charge in [0, 0.05) is 15.8 Å². The van der Waals surface area contributed by atoms with Crippen molar-refractivity contribution >= 4 is 11.3 Å². The molecule has 0 saturated heterocycles. The van der Waals surface area contributed by atoms with Gasteiger partial charge in [0.1, 0.15) is 5.82 Å². The minimum absolute atomic E-state index is 0.167. The van der Waals surface area contributed by atoms with Crippen LogP contribution in [0.5, 0.6) is 0 Å². The van der Waals surface area contributed by atoms with Crippen molar-refractivity contribution in [3.8, 4) is 10.4 Å². The first-order chi connectivity index (χ1) is 8.60. The van der Waals surface area contributed by atoms with Crippen LogP contribution >= 0.6 is 11.3 Å². The highest BCUT2D eigenvalue weighted by molar-refractivity contribution is 7.15.